The average molecular weight is 246 g/mol. The van der Waals surface area contributed by atoms with Crippen molar-refractivity contribution < 1.29 is 14.3 Å². The van der Waals surface area contributed by atoms with Crippen molar-refractivity contribution in [3.05, 3.63) is 36.0 Å². The number of hydrogen-bond donors (Lipinski definition) is 2. The highest BCUT2D eigenvalue weighted by Crippen LogP contribution is 2.14. The maximum absolute atomic E-state index is 11.8. The molecular formula is C13H14N2O3. The monoisotopic (exact) mass is 246 g/mol. The molecule has 5 nitrogen and oxygen atoms in total. The van der Waals surface area contributed by atoms with Crippen LogP contribution in [0, 0.1) is 0 Å². The topological polar surface area (TPSA) is 71.2 Å². The standard InChI is InChI=1S/C13H14N2O3/c1-18-12(16)6-7-14-13(17)11-8-9-4-2-3-5-10(9)15-11/h2-5,8,15H,6-7H2,1H3,(H,14,17). The van der Waals surface area contributed by atoms with E-state index >= 15 is 0 Å². The van der Waals surface area contributed by atoms with E-state index in [-0.39, 0.29) is 24.8 Å². The van der Waals surface area contributed by atoms with Crippen molar-refractivity contribution in [2.75, 3.05) is 13.7 Å². The zero-order valence-electron chi connectivity index (χ0n) is 10.0. The highest BCUT2D eigenvalue weighted by atomic mass is 16.5. The molecule has 0 fully saturated rings. The third kappa shape index (κ3) is 2.68. The van der Waals surface area contributed by atoms with Gasteiger partial charge in [0.2, 0.25) is 0 Å². The number of para-hydroxylation sites is 1. The lowest BCUT2D eigenvalue weighted by Gasteiger charge is -2.02. The number of ether oxygens (including phenoxy) is 1. The number of H-pyrrole nitrogens is 1. The highest BCUT2D eigenvalue weighted by Gasteiger charge is 2.09. The Kier molecular flexibility index (Phi) is 3.62. The molecule has 0 saturated carbocycles. The molecule has 1 heterocycles. The molecule has 0 aliphatic carbocycles. The van der Waals surface area contributed by atoms with Crippen molar-refractivity contribution in [2.45, 2.75) is 6.42 Å². The summed E-state index contributed by atoms with van der Waals surface area (Å²) in [7, 11) is 1.32. The Morgan fingerprint density at radius 1 is 1.33 bits per heavy atom. The number of esters is 1. The van der Waals surface area contributed by atoms with E-state index in [4.69, 9.17) is 0 Å². The van der Waals surface area contributed by atoms with Crippen molar-refractivity contribution in [3.8, 4) is 0 Å². The maximum Gasteiger partial charge on any atom is 0.307 e. The molecule has 0 saturated heterocycles. The van der Waals surface area contributed by atoms with Gasteiger partial charge in [0.25, 0.3) is 5.91 Å². The number of carbonyl (C=O) groups excluding carboxylic acids is 2. The van der Waals surface area contributed by atoms with Crippen LogP contribution in [0.5, 0.6) is 0 Å². The minimum Gasteiger partial charge on any atom is -0.469 e. The number of benzene rings is 1. The first kappa shape index (κ1) is 12.2. The van der Waals surface area contributed by atoms with Crippen molar-refractivity contribution >= 4 is 22.8 Å². The van der Waals surface area contributed by atoms with Crippen LogP contribution in [0.1, 0.15) is 16.9 Å². The number of hydrogen-bond acceptors (Lipinski definition) is 3. The predicted octanol–water partition coefficient (Wildman–Crippen LogP) is 1.46. The lowest BCUT2D eigenvalue weighted by Crippen LogP contribution is -2.26. The number of rotatable bonds is 4. The lowest BCUT2D eigenvalue weighted by atomic mass is 10.2. The van der Waals surface area contributed by atoms with Gasteiger partial charge in [-0.05, 0) is 12.1 Å². The van der Waals surface area contributed by atoms with Crippen molar-refractivity contribution in [3.63, 3.8) is 0 Å². The van der Waals surface area contributed by atoms with E-state index < -0.39 is 0 Å². The molecule has 0 bridgehead atoms. The van der Waals surface area contributed by atoms with E-state index in [0.717, 1.165) is 10.9 Å². The maximum atomic E-state index is 11.8. The van der Waals surface area contributed by atoms with Gasteiger partial charge in [-0.15, -0.1) is 0 Å². The minimum absolute atomic E-state index is 0.169. The van der Waals surface area contributed by atoms with Crippen molar-refractivity contribution in [2.24, 2.45) is 0 Å². The molecule has 2 rings (SSSR count). The number of aromatic amines is 1. The van der Waals surface area contributed by atoms with Gasteiger partial charge in [-0.3, -0.25) is 9.59 Å². The van der Waals surface area contributed by atoms with Crippen LogP contribution in [0.25, 0.3) is 10.9 Å². The Labute approximate surface area is 104 Å². The second kappa shape index (κ2) is 5.35. The van der Waals surface area contributed by atoms with Gasteiger partial charge in [0, 0.05) is 17.4 Å². The fourth-order valence-corrected chi connectivity index (χ4v) is 1.67. The molecule has 1 aromatic carbocycles. The number of methoxy groups -OCH3 is 1. The minimum atomic E-state index is -0.341. The average Bonchev–Trinajstić information content (AvgIpc) is 2.82. The molecule has 1 amide bonds. The first-order valence-corrected chi connectivity index (χ1v) is 5.63. The summed E-state index contributed by atoms with van der Waals surface area (Å²) in [4.78, 5) is 25.7. The van der Waals surface area contributed by atoms with E-state index in [1.165, 1.54) is 7.11 Å². The van der Waals surface area contributed by atoms with E-state index in [1.807, 2.05) is 24.3 Å². The number of aromatic nitrogens is 1. The van der Waals surface area contributed by atoms with Crippen LogP contribution < -0.4 is 5.32 Å². The van der Waals surface area contributed by atoms with Crippen LogP contribution in [0.4, 0.5) is 0 Å². The van der Waals surface area contributed by atoms with Crippen LogP contribution in [-0.2, 0) is 9.53 Å². The summed E-state index contributed by atoms with van der Waals surface area (Å²) in [6.07, 6.45) is 0.169. The first-order valence-electron chi connectivity index (χ1n) is 5.63. The molecule has 0 radical (unpaired) electrons. The Morgan fingerprint density at radius 3 is 2.83 bits per heavy atom. The van der Waals surface area contributed by atoms with Crippen LogP contribution >= 0.6 is 0 Å². The summed E-state index contributed by atoms with van der Waals surface area (Å²) in [5.41, 5.74) is 1.40. The number of nitrogens with one attached hydrogen (secondary N) is 2. The van der Waals surface area contributed by atoms with Gasteiger partial charge in [-0.2, -0.15) is 0 Å². The third-order valence-corrected chi connectivity index (χ3v) is 2.62. The number of fused-ring (bicyclic) bond motifs is 1. The second-order valence-electron chi connectivity index (χ2n) is 3.85. The molecule has 2 N–H and O–H groups in total. The van der Waals surface area contributed by atoms with Gasteiger partial charge < -0.3 is 15.0 Å². The molecule has 0 aliphatic heterocycles. The van der Waals surface area contributed by atoms with Gasteiger partial charge in [0.1, 0.15) is 5.69 Å². The SMILES string of the molecule is COC(=O)CCNC(=O)c1cc2ccccc2[nH]1. The summed E-state index contributed by atoms with van der Waals surface area (Å²) in [5, 5.41) is 3.64. The quantitative estimate of drug-likeness (QED) is 0.802. The van der Waals surface area contributed by atoms with E-state index in [0.29, 0.717) is 5.69 Å². The molecule has 2 aromatic rings. The van der Waals surface area contributed by atoms with Crippen molar-refractivity contribution in [1.82, 2.24) is 10.3 Å². The molecular weight excluding hydrogens is 232 g/mol. The zero-order valence-corrected chi connectivity index (χ0v) is 10.0. The largest absolute Gasteiger partial charge is 0.469 e. The summed E-state index contributed by atoms with van der Waals surface area (Å²) in [6, 6.07) is 9.42. The normalized spacial score (nSPS) is 10.3. The van der Waals surface area contributed by atoms with E-state index in [9.17, 15) is 9.59 Å². The van der Waals surface area contributed by atoms with Gasteiger partial charge >= 0.3 is 5.97 Å². The number of carbonyl (C=O) groups is 2. The summed E-state index contributed by atoms with van der Waals surface area (Å²) in [5.74, 6) is -0.568. The van der Waals surface area contributed by atoms with Gasteiger partial charge in [0.05, 0.1) is 13.5 Å². The second-order valence-corrected chi connectivity index (χ2v) is 3.85. The molecule has 0 aliphatic rings. The summed E-state index contributed by atoms with van der Waals surface area (Å²) < 4.78 is 4.49. The molecule has 5 heteroatoms. The first-order chi connectivity index (χ1) is 8.70. The fourth-order valence-electron chi connectivity index (χ4n) is 1.67. The van der Waals surface area contributed by atoms with Crippen LogP contribution in [0.15, 0.2) is 30.3 Å². The highest BCUT2D eigenvalue weighted by molar-refractivity contribution is 5.98. The fraction of sp³-hybridized carbons (Fsp3) is 0.231. The molecule has 18 heavy (non-hydrogen) atoms. The van der Waals surface area contributed by atoms with Crippen LogP contribution in [-0.4, -0.2) is 30.5 Å². The van der Waals surface area contributed by atoms with Crippen molar-refractivity contribution in [1.29, 1.82) is 0 Å². The Hall–Kier alpha value is -2.30. The predicted molar refractivity (Wildman–Crippen MR) is 67.3 cm³/mol. The van der Waals surface area contributed by atoms with Gasteiger partial charge in [0.15, 0.2) is 0 Å². The lowest BCUT2D eigenvalue weighted by molar-refractivity contribution is -0.140. The smallest absolute Gasteiger partial charge is 0.307 e. The van der Waals surface area contributed by atoms with E-state index in [2.05, 4.69) is 15.0 Å². The number of amides is 1. The third-order valence-electron chi connectivity index (χ3n) is 2.62. The molecule has 0 atom stereocenters. The molecule has 94 valence electrons. The Bertz CT molecular complexity index is 541. The Morgan fingerprint density at radius 2 is 2.11 bits per heavy atom. The van der Waals surface area contributed by atoms with Gasteiger partial charge in [-0.1, -0.05) is 18.2 Å². The molecule has 1 aromatic heterocycles. The van der Waals surface area contributed by atoms with Gasteiger partial charge in [-0.25, -0.2) is 0 Å². The molecule has 0 spiro atoms. The van der Waals surface area contributed by atoms with E-state index in [1.54, 1.807) is 6.07 Å². The summed E-state index contributed by atoms with van der Waals surface area (Å²) >= 11 is 0. The summed E-state index contributed by atoms with van der Waals surface area (Å²) in [6.45, 7) is 0.265. The zero-order chi connectivity index (χ0) is 13.0. The molecule has 0 unspecified atom stereocenters. The van der Waals surface area contributed by atoms with Crippen LogP contribution in [0.2, 0.25) is 0 Å². The Balaban J connectivity index is 1.98. The van der Waals surface area contributed by atoms with Crippen LogP contribution in [0.3, 0.4) is 0 Å².